The Morgan fingerprint density at radius 2 is 1.50 bits per heavy atom. The zero-order valence-corrected chi connectivity index (χ0v) is 14.1. The maximum absolute atomic E-state index is 12.7. The molecule has 2 aliphatic rings. The van der Waals surface area contributed by atoms with Crippen LogP contribution in [0.25, 0.3) is 0 Å². The molecule has 0 bridgehead atoms. The fraction of sp³-hybridized carbons (Fsp3) is 0.667. The molecule has 0 aliphatic heterocycles. The van der Waals surface area contributed by atoms with Crippen molar-refractivity contribution >= 4 is 7.60 Å². The molecule has 3 rings (SSSR count). The van der Waals surface area contributed by atoms with Gasteiger partial charge in [0.25, 0.3) is 0 Å². The van der Waals surface area contributed by atoms with Crippen molar-refractivity contribution in [2.75, 3.05) is 0 Å². The summed E-state index contributed by atoms with van der Waals surface area (Å²) >= 11 is 0. The average molecular weight is 322 g/mol. The molecular weight excluding hydrogens is 295 g/mol. The van der Waals surface area contributed by atoms with E-state index in [2.05, 4.69) is 6.07 Å². The monoisotopic (exact) mass is 322 g/mol. The SMILES string of the molecule is O=P(O)(Oc1ccccc1C1CCCCC1)C1CCCCC1. The molecule has 2 saturated carbocycles. The Kier molecular flexibility index (Phi) is 5.25. The molecule has 1 N–H and O–H groups in total. The van der Waals surface area contributed by atoms with Crippen LogP contribution in [-0.4, -0.2) is 10.6 Å². The summed E-state index contributed by atoms with van der Waals surface area (Å²) in [6.45, 7) is 0. The van der Waals surface area contributed by atoms with Crippen LogP contribution in [0.4, 0.5) is 0 Å². The summed E-state index contributed by atoms with van der Waals surface area (Å²) in [4.78, 5) is 10.4. The van der Waals surface area contributed by atoms with E-state index >= 15 is 0 Å². The molecule has 2 fully saturated rings. The molecule has 1 atom stereocenters. The minimum absolute atomic E-state index is 0.180. The smallest absolute Gasteiger partial charge is 0.379 e. The normalized spacial score (nSPS) is 23.9. The van der Waals surface area contributed by atoms with Gasteiger partial charge in [0, 0.05) is 0 Å². The van der Waals surface area contributed by atoms with Crippen LogP contribution in [0.1, 0.15) is 75.7 Å². The van der Waals surface area contributed by atoms with Gasteiger partial charge >= 0.3 is 7.60 Å². The highest BCUT2D eigenvalue weighted by atomic mass is 31.2. The van der Waals surface area contributed by atoms with Crippen LogP contribution in [0.5, 0.6) is 5.75 Å². The zero-order chi connectivity index (χ0) is 15.4. The average Bonchev–Trinajstić information content (AvgIpc) is 2.57. The van der Waals surface area contributed by atoms with Gasteiger partial charge in [0.2, 0.25) is 0 Å². The zero-order valence-electron chi connectivity index (χ0n) is 13.2. The summed E-state index contributed by atoms with van der Waals surface area (Å²) in [5.74, 6) is 1.13. The summed E-state index contributed by atoms with van der Waals surface area (Å²) in [7, 11) is -3.57. The number of hydrogen-bond acceptors (Lipinski definition) is 2. The maximum atomic E-state index is 12.7. The molecule has 1 aromatic carbocycles. The molecule has 22 heavy (non-hydrogen) atoms. The predicted molar refractivity (Wildman–Crippen MR) is 89.6 cm³/mol. The first-order chi connectivity index (χ1) is 10.7. The van der Waals surface area contributed by atoms with Gasteiger partial charge in [-0.1, -0.05) is 56.7 Å². The topological polar surface area (TPSA) is 46.5 Å². The van der Waals surface area contributed by atoms with Crippen molar-refractivity contribution in [3.63, 3.8) is 0 Å². The molecule has 4 heteroatoms. The third-order valence-electron chi connectivity index (χ3n) is 5.23. The Morgan fingerprint density at radius 3 is 2.18 bits per heavy atom. The fourth-order valence-corrected chi connectivity index (χ4v) is 5.55. The van der Waals surface area contributed by atoms with E-state index in [9.17, 15) is 9.46 Å². The number of rotatable bonds is 4. The number of hydrogen-bond donors (Lipinski definition) is 1. The van der Waals surface area contributed by atoms with Crippen LogP contribution in [0.2, 0.25) is 0 Å². The van der Waals surface area contributed by atoms with Crippen LogP contribution in [-0.2, 0) is 4.57 Å². The quantitative estimate of drug-likeness (QED) is 0.731. The summed E-state index contributed by atoms with van der Waals surface area (Å²) in [5, 5.41) is 0. The Labute approximate surface area is 133 Å². The third kappa shape index (κ3) is 3.75. The van der Waals surface area contributed by atoms with Crippen molar-refractivity contribution in [2.24, 2.45) is 0 Å². The molecule has 0 heterocycles. The van der Waals surface area contributed by atoms with E-state index in [0.717, 1.165) is 31.2 Å². The van der Waals surface area contributed by atoms with Crippen molar-refractivity contribution in [3.8, 4) is 5.75 Å². The van der Waals surface area contributed by atoms with Gasteiger partial charge in [0.1, 0.15) is 5.75 Å². The lowest BCUT2D eigenvalue weighted by atomic mass is 9.84. The van der Waals surface area contributed by atoms with Gasteiger partial charge in [0.05, 0.1) is 5.66 Å². The molecule has 0 spiro atoms. The Balaban J connectivity index is 1.77. The molecule has 0 aromatic heterocycles. The van der Waals surface area contributed by atoms with Crippen molar-refractivity contribution in [3.05, 3.63) is 29.8 Å². The minimum atomic E-state index is -3.57. The van der Waals surface area contributed by atoms with Gasteiger partial charge < -0.3 is 9.42 Å². The summed E-state index contributed by atoms with van der Waals surface area (Å²) < 4.78 is 18.4. The Morgan fingerprint density at radius 1 is 0.909 bits per heavy atom. The van der Waals surface area contributed by atoms with Crippen molar-refractivity contribution in [2.45, 2.75) is 75.8 Å². The lowest BCUT2D eigenvalue weighted by molar-refractivity contribution is 0.339. The highest BCUT2D eigenvalue weighted by molar-refractivity contribution is 7.54. The van der Waals surface area contributed by atoms with Crippen molar-refractivity contribution in [1.82, 2.24) is 0 Å². The van der Waals surface area contributed by atoms with Crippen LogP contribution in [0.15, 0.2) is 24.3 Å². The standard InChI is InChI=1S/C18H27O3P/c19-22(20,16-11-5-2-6-12-16)21-18-14-8-7-13-17(18)15-9-3-1-4-10-15/h7-8,13-16H,1-6,9-12H2,(H,19,20). The van der Waals surface area contributed by atoms with Gasteiger partial charge in [0.15, 0.2) is 0 Å². The first-order valence-electron chi connectivity index (χ1n) is 8.78. The molecule has 2 aliphatic carbocycles. The maximum Gasteiger partial charge on any atom is 0.379 e. The van der Waals surface area contributed by atoms with Crippen LogP contribution in [0.3, 0.4) is 0 Å². The van der Waals surface area contributed by atoms with E-state index in [1.54, 1.807) is 0 Å². The van der Waals surface area contributed by atoms with Crippen LogP contribution < -0.4 is 4.52 Å². The molecule has 3 nitrogen and oxygen atoms in total. The lowest BCUT2D eigenvalue weighted by Gasteiger charge is -2.29. The molecule has 1 aromatic rings. The van der Waals surface area contributed by atoms with Gasteiger partial charge in [-0.25, -0.2) is 4.57 Å². The molecule has 122 valence electrons. The number of para-hydroxylation sites is 1. The highest BCUT2D eigenvalue weighted by Crippen LogP contribution is 2.54. The first kappa shape index (κ1) is 16.1. The van der Waals surface area contributed by atoms with E-state index in [4.69, 9.17) is 4.52 Å². The van der Waals surface area contributed by atoms with E-state index in [-0.39, 0.29) is 5.66 Å². The highest BCUT2D eigenvalue weighted by Gasteiger charge is 2.35. The second-order valence-corrected chi connectivity index (χ2v) is 8.86. The first-order valence-corrected chi connectivity index (χ1v) is 10.4. The largest absolute Gasteiger partial charge is 0.424 e. The Hall–Kier alpha value is -0.790. The van der Waals surface area contributed by atoms with E-state index < -0.39 is 7.60 Å². The second-order valence-electron chi connectivity index (χ2n) is 6.82. The van der Waals surface area contributed by atoms with Crippen LogP contribution >= 0.6 is 7.60 Å². The molecule has 1 unspecified atom stereocenters. The summed E-state index contributed by atoms with van der Waals surface area (Å²) in [5.41, 5.74) is 0.952. The van der Waals surface area contributed by atoms with Gasteiger partial charge in [-0.2, -0.15) is 0 Å². The van der Waals surface area contributed by atoms with Gasteiger partial charge in [-0.15, -0.1) is 0 Å². The molecule has 0 saturated heterocycles. The van der Waals surface area contributed by atoms with E-state index in [0.29, 0.717) is 11.7 Å². The van der Waals surface area contributed by atoms with E-state index in [1.807, 2.05) is 18.2 Å². The third-order valence-corrected chi connectivity index (χ3v) is 7.13. The summed E-state index contributed by atoms with van der Waals surface area (Å²) in [6.07, 6.45) is 11.0. The fourth-order valence-electron chi connectivity index (χ4n) is 3.94. The van der Waals surface area contributed by atoms with Crippen molar-refractivity contribution in [1.29, 1.82) is 0 Å². The predicted octanol–water partition coefficient (Wildman–Crippen LogP) is 5.63. The number of benzene rings is 1. The lowest BCUT2D eigenvalue weighted by Crippen LogP contribution is -2.16. The molecule has 0 amide bonds. The van der Waals surface area contributed by atoms with E-state index in [1.165, 1.54) is 38.5 Å². The molecule has 0 radical (unpaired) electrons. The summed E-state index contributed by atoms with van der Waals surface area (Å²) in [6, 6.07) is 7.87. The minimum Gasteiger partial charge on any atom is -0.424 e. The Bertz CT molecular complexity index is 531. The van der Waals surface area contributed by atoms with Crippen molar-refractivity contribution < 1.29 is 14.0 Å². The van der Waals surface area contributed by atoms with Gasteiger partial charge in [-0.3, -0.25) is 0 Å². The molecular formula is C18H27O3P. The second kappa shape index (κ2) is 7.19. The van der Waals surface area contributed by atoms with Gasteiger partial charge in [-0.05, 0) is 43.2 Å². The van der Waals surface area contributed by atoms with Crippen LogP contribution in [0, 0.1) is 0 Å².